The number of aliphatic hydroxyl groups excluding tert-OH is 1. The Morgan fingerprint density at radius 1 is 0.585 bits per heavy atom. The average Bonchev–Trinajstić information content (AvgIpc) is 2.83. The van der Waals surface area contributed by atoms with Crippen LogP contribution in [0.1, 0.15) is 41.5 Å². The van der Waals surface area contributed by atoms with E-state index in [1.807, 2.05) is 0 Å². The van der Waals surface area contributed by atoms with E-state index in [9.17, 15) is 33.9 Å². The van der Waals surface area contributed by atoms with Gasteiger partial charge in [-0.1, -0.05) is 0 Å². The van der Waals surface area contributed by atoms with E-state index >= 15 is 0 Å². The minimum Gasteiger partial charge on any atom is -0.463 e. The molecule has 0 aromatic carbocycles. The molecule has 0 amide bonds. The Labute approximate surface area is 240 Å². The smallest absolute Gasteiger partial charge is 0.303 e. The third-order valence-electron chi connectivity index (χ3n) is 5.63. The van der Waals surface area contributed by atoms with E-state index < -0.39 is 104 Å². The van der Waals surface area contributed by atoms with E-state index in [0.717, 1.165) is 41.5 Å². The van der Waals surface area contributed by atoms with Crippen molar-refractivity contribution in [2.75, 3.05) is 12.4 Å². The molecule has 232 valence electrons. The van der Waals surface area contributed by atoms with Gasteiger partial charge in [-0.2, -0.15) is 12.6 Å². The molecule has 41 heavy (non-hydrogen) atoms. The number of thiol groups is 1. The molecule has 16 nitrogen and oxygen atoms in total. The summed E-state index contributed by atoms with van der Waals surface area (Å²) in [6.45, 7) is 5.88. The molecule has 17 heteroatoms. The number of carbonyl (C=O) groups is 6. The fraction of sp³-hybridized carbons (Fsp3) is 0.750. The predicted octanol–water partition coefficient (Wildman–Crippen LogP) is -1.03. The number of aliphatic hydroxyl groups is 1. The van der Waals surface area contributed by atoms with Gasteiger partial charge in [0.25, 0.3) is 0 Å². The van der Waals surface area contributed by atoms with Gasteiger partial charge in [0, 0.05) is 47.3 Å². The van der Waals surface area contributed by atoms with Gasteiger partial charge in [-0.05, 0) is 0 Å². The first-order chi connectivity index (χ1) is 19.1. The summed E-state index contributed by atoms with van der Waals surface area (Å²) in [7, 11) is 0. The van der Waals surface area contributed by atoms with E-state index in [2.05, 4.69) is 12.6 Å². The van der Waals surface area contributed by atoms with Crippen LogP contribution in [0.25, 0.3) is 0 Å². The summed E-state index contributed by atoms with van der Waals surface area (Å²) in [5.41, 5.74) is 0. The zero-order valence-electron chi connectivity index (χ0n) is 23.2. The van der Waals surface area contributed by atoms with Crippen molar-refractivity contribution < 1.29 is 76.5 Å². The summed E-state index contributed by atoms with van der Waals surface area (Å²) < 4.78 is 49.1. The molecule has 2 saturated heterocycles. The van der Waals surface area contributed by atoms with Gasteiger partial charge >= 0.3 is 35.8 Å². The fourth-order valence-electron chi connectivity index (χ4n) is 4.30. The van der Waals surface area contributed by atoms with Crippen LogP contribution >= 0.6 is 12.6 Å². The van der Waals surface area contributed by atoms with Crippen molar-refractivity contribution in [2.45, 2.75) is 103 Å². The molecule has 0 radical (unpaired) electrons. The van der Waals surface area contributed by atoms with Crippen LogP contribution in [-0.4, -0.2) is 115 Å². The van der Waals surface area contributed by atoms with Crippen molar-refractivity contribution >= 4 is 48.4 Å². The first kappa shape index (κ1) is 34.2. The normalized spacial score (nSPS) is 33.1. The molecule has 2 rings (SSSR count). The van der Waals surface area contributed by atoms with Gasteiger partial charge in [-0.15, -0.1) is 0 Å². The second-order valence-corrected chi connectivity index (χ2v) is 9.43. The van der Waals surface area contributed by atoms with E-state index in [4.69, 9.17) is 42.6 Å². The van der Waals surface area contributed by atoms with Crippen molar-refractivity contribution in [3.63, 3.8) is 0 Å². The second-order valence-electron chi connectivity index (χ2n) is 9.06. The highest BCUT2D eigenvalue weighted by atomic mass is 32.1. The SMILES string of the molecule is CC(=O)OC[C@H]1O[C@H](O)[C@H](OC(C)=O)[C@@H](OC(C)=O)[C@@H]1O[C@@H]1O[C@H](CS)[C@H](OC(C)=O)[C@H](OC(C)=O)[C@H]1OC(C)=O. The monoisotopic (exact) mass is 610 g/mol. The Morgan fingerprint density at radius 2 is 1.02 bits per heavy atom. The van der Waals surface area contributed by atoms with Crippen LogP contribution in [0.15, 0.2) is 0 Å². The molecule has 2 aliphatic heterocycles. The van der Waals surface area contributed by atoms with Crippen LogP contribution < -0.4 is 0 Å². The minimum atomic E-state index is -1.85. The van der Waals surface area contributed by atoms with Crippen molar-refractivity contribution in [1.82, 2.24) is 0 Å². The molecular formula is C24H34O16S. The Morgan fingerprint density at radius 3 is 1.49 bits per heavy atom. The van der Waals surface area contributed by atoms with E-state index in [0.29, 0.717) is 0 Å². The molecule has 0 unspecified atom stereocenters. The number of esters is 6. The van der Waals surface area contributed by atoms with Gasteiger partial charge in [0.05, 0.1) is 0 Å². The molecule has 1 N–H and O–H groups in total. The molecule has 0 aromatic heterocycles. The van der Waals surface area contributed by atoms with Crippen LogP contribution in [0.3, 0.4) is 0 Å². The zero-order chi connectivity index (χ0) is 31.0. The highest BCUT2D eigenvalue weighted by Gasteiger charge is 2.56. The third-order valence-corrected chi connectivity index (χ3v) is 5.99. The van der Waals surface area contributed by atoms with E-state index in [1.165, 1.54) is 0 Å². The lowest BCUT2D eigenvalue weighted by molar-refractivity contribution is -0.353. The van der Waals surface area contributed by atoms with E-state index in [1.54, 1.807) is 0 Å². The van der Waals surface area contributed by atoms with E-state index in [-0.39, 0.29) is 5.75 Å². The van der Waals surface area contributed by atoms with Crippen LogP contribution in [-0.2, 0) is 71.4 Å². The summed E-state index contributed by atoms with van der Waals surface area (Å²) in [5.74, 6) is -5.03. The molecule has 2 heterocycles. The summed E-state index contributed by atoms with van der Waals surface area (Å²) in [5, 5.41) is 10.6. The molecule has 0 aromatic rings. The van der Waals surface area contributed by atoms with Crippen LogP contribution in [0, 0.1) is 0 Å². The molecule has 2 fully saturated rings. The molecule has 0 saturated carbocycles. The average molecular weight is 611 g/mol. The Hall–Kier alpha value is -2.99. The predicted molar refractivity (Wildman–Crippen MR) is 133 cm³/mol. The highest BCUT2D eigenvalue weighted by Crippen LogP contribution is 2.34. The number of carbonyl (C=O) groups excluding carboxylic acids is 6. The quantitative estimate of drug-likeness (QED) is 0.172. The number of ether oxygens (including phenoxy) is 9. The third kappa shape index (κ3) is 9.81. The van der Waals surface area contributed by atoms with Crippen molar-refractivity contribution in [1.29, 1.82) is 0 Å². The Bertz CT molecular complexity index is 987. The summed E-state index contributed by atoms with van der Waals surface area (Å²) >= 11 is 4.22. The van der Waals surface area contributed by atoms with Gasteiger partial charge < -0.3 is 47.7 Å². The number of hydrogen-bond donors (Lipinski definition) is 2. The van der Waals surface area contributed by atoms with Gasteiger partial charge in [-0.3, -0.25) is 28.8 Å². The summed E-state index contributed by atoms with van der Waals surface area (Å²) in [4.78, 5) is 71.3. The maximum atomic E-state index is 12.1. The van der Waals surface area contributed by atoms with Gasteiger partial charge in [0.15, 0.2) is 43.1 Å². The molecule has 0 bridgehead atoms. The maximum Gasteiger partial charge on any atom is 0.303 e. The zero-order valence-corrected chi connectivity index (χ0v) is 24.1. The first-order valence-electron chi connectivity index (χ1n) is 12.4. The summed E-state index contributed by atoms with van der Waals surface area (Å²) in [6.07, 6.45) is -15.0. The molecule has 10 atom stereocenters. The van der Waals surface area contributed by atoms with Gasteiger partial charge in [0.1, 0.15) is 24.9 Å². The lowest BCUT2D eigenvalue weighted by Crippen LogP contribution is -2.66. The molecular weight excluding hydrogens is 576 g/mol. The maximum absolute atomic E-state index is 12.1. The lowest BCUT2D eigenvalue weighted by atomic mass is 9.96. The van der Waals surface area contributed by atoms with Gasteiger partial charge in [0.2, 0.25) is 0 Å². The van der Waals surface area contributed by atoms with Crippen LogP contribution in [0.5, 0.6) is 0 Å². The Kier molecular flexibility index (Phi) is 12.8. The number of hydrogen-bond acceptors (Lipinski definition) is 17. The summed E-state index contributed by atoms with van der Waals surface area (Å²) in [6, 6.07) is 0. The van der Waals surface area contributed by atoms with Crippen LogP contribution in [0.2, 0.25) is 0 Å². The second kappa shape index (κ2) is 15.3. The number of rotatable bonds is 10. The minimum absolute atomic E-state index is 0.109. The van der Waals surface area contributed by atoms with Crippen LogP contribution in [0.4, 0.5) is 0 Å². The molecule has 0 spiro atoms. The standard InChI is InChI=1S/C24H34O16S/c1-9(25)32-7-15-17(19(34-11(3)27)21(23(31)38-15)36-13(5)29)40-24-22(37-14(6)30)20(35-12(4)28)18(33-10(2)26)16(8-41)39-24/h15-24,31,41H,7-8H2,1-6H3/t15-,16-,17-,18+,19+,20+,21-,22-,23+,24+/m1/s1. The topological polar surface area (TPSA) is 206 Å². The van der Waals surface area contributed by atoms with Crippen molar-refractivity contribution in [3.8, 4) is 0 Å². The molecule has 2 aliphatic rings. The largest absolute Gasteiger partial charge is 0.463 e. The highest BCUT2D eigenvalue weighted by molar-refractivity contribution is 7.80. The first-order valence-corrected chi connectivity index (χ1v) is 13.0. The molecule has 0 aliphatic carbocycles. The fourth-order valence-corrected chi connectivity index (χ4v) is 4.60. The Balaban J connectivity index is 2.60. The van der Waals surface area contributed by atoms with Crippen molar-refractivity contribution in [2.24, 2.45) is 0 Å². The lowest BCUT2D eigenvalue weighted by Gasteiger charge is -2.48. The van der Waals surface area contributed by atoms with Gasteiger partial charge in [-0.25, -0.2) is 0 Å². The van der Waals surface area contributed by atoms with Crippen molar-refractivity contribution in [3.05, 3.63) is 0 Å².